The zero-order chi connectivity index (χ0) is 17.3. The molecule has 0 spiro atoms. The van der Waals surface area contributed by atoms with Crippen molar-refractivity contribution >= 4 is 49.9 Å². The molecule has 0 amide bonds. The van der Waals surface area contributed by atoms with Gasteiger partial charge in [-0.1, -0.05) is 15.9 Å². The zero-order valence-electron chi connectivity index (χ0n) is 12.0. The molecule has 24 heavy (non-hydrogen) atoms. The van der Waals surface area contributed by atoms with Crippen LogP contribution in [0.4, 0.5) is 24.7 Å². The smallest absolute Gasteiger partial charge is 0.340 e. The molecule has 3 nitrogen and oxygen atoms in total. The lowest BCUT2D eigenvalue weighted by molar-refractivity contribution is -0.137. The Kier molecular flexibility index (Phi) is 4.64. The summed E-state index contributed by atoms with van der Waals surface area (Å²) >= 11 is 9.20. The molecule has 0 aliphatic heterocycles. The lowest BCUT2D eigenvalue weighted by Gasteiger charge is -2.12. The summed E-state index contributed by atoms with van der Waals surface area (Å²) in [5.41, 5.74) is 0.474. The average Bonchev–Trinajstić information content (AvgIpc) is 2.54. The summed E-state index contributed by atoms with van der Waals surface area (Å²) in [6, 6.07) is 10.2. The van der Waals surface area contributed by atoms with E-state index in [2.05, 4.69) is 31.2 Å². The van der Waals surface area contributed by atoms with Gasteiger partial charge < -0.3 is 5.32 Å². The van der Waals surface area contributed by atoms with E-state index in [0.717, 1.165) is 22.0 Å². The van der Waals surface area contributed by atoms with Gasteiger partial charge in [0.05, 0.1) is 17.0 Å². The van der Waals surface area contributed by atoms with Gasteiger partial charge in [0.2, 0.25) is 0 Å². The first-order chi connectivity index (χ1) is 11.4. The second-order valence-electron chi connectivity index (χ2n) is 4.98. The number of alkyl halides is 4. The maximum Gasteiger partial charge on any atom is 0.416 e. The average molecular weight is 417 g/mol. The van der Waals surface area contributed by atoms with E-state index in [1.165, 1.54) is 12.1 Å². The van der Waals surface area contributed by atoms with E-state index in [1.54, 1.807) is 0 Å². The van der Waals surface area contributed by atoms with Crippen molar-refractivity contribution in [3.05, 3.63) is 58.3 Å². The van der Waals surface area contributed by atoms with Crippen LogP contribution in [-0.4, -0.2) is 9.97 Å². The van der Waals surface area contributed by atoms with Gasteiger partial charge in [0.15, 0.2) is 0 Å². The molecular formula is C16H10BrClF3N3. The van der Waals surface area contributed by atoms with Gasteiger partial charge in [-0.05, 0) is 42.5 Å². The number of nitrogens with one attached hydrogen (secondary N) is 1. The number of hydrogen-bond acceptors (Lipinski definition) is 3. The standard InChI is InChI=1S/C16H10BrClF3N3/c17-10-3-6-12-13(7-10)23-14(8-18)24-15(12)22-11-4-1-9(2-5-11)16(19,20)21/h1-7H,8H2,(H,22,23,24). The molecule has 0 saturated carbocycles. The van der Waals surface area contributed by atoms with Gasteiger partial charge in [-0.15, -0.1) is 11.6 Å². The topological polar surface area (TPSA) is 37.8 Å². The Hall–Kier alpha value is -1.86. The summed E-state index contributed by atoms with van der Waals surface area (Å²) < 4.78 is 38.7. The Morgan fingerprint density at radius 1 is 1.04 bits per heavy atom. The fourth-order valence-electron chi connectivity index (χ4n) is 2.19. The number of nitrogens with zero attached hydrogens (tertiary/aromatic N) is 2. The molecule has 3 rings (SSSR count). The van der Waals surface area contributed by atoms with Gasteiger partial charge in [0.25, 0.3) is 0 Å². The Morgan fingerprint density at radius 3 is 2.38 bits per heavy atom. The van der Waals surface area contributed by atoms with Crippen molar-refractivity contribution in [1.82, 2.24) is 9.97 Å². The van der Waals surface area contributed by atoms with Crippen LogP contribution >= 0.6 is 27.5 Å². The number of hydrogen-bond donors (Lipinski definition) is 1. The van der Waals surface area contributed by atoms with E-state index in [9.17, 15) is 13.2 Å². The quantitative estimate of drug-likeness (QED) is 0.541. The number of fused-ring (bicyclic) bond motifs is 1. The van der Waals surface area contributed by atoms with E-state index >= 15 is 0 Å². The SMILES string of the molecule is FC(F)(F)c1ccc(Nc2nc(CCl)nc3cc(Br)ccc23)cc1. The zero-order valence-corrected chi connectivity index (χ0v) is 14.4. The largest absolute Gasteiger partial charge is 0.416 e. The highest BCUT2D eigenvalue weighted by atomic mass is 79.9. The fourth-order valence-corrected chi connectivity index (χ4v) is 2.65. The highest BCUT2D eigenvalue weighted by Gasteiger charge is 2.29. The van der Waals surface area contributed by atoms with Crippen molar-refractivity contribution in [1.29, 1.82) is 0 Å². The van der Waals surface area contributed by atoms with E-state index in [1.807, 2.05) is 18.2 Å². The van der Waals surface area contributed by atoms with Gasteiger partial charge >= 0.3 is 6.18 Å². The Bertz CT molecular complexity index is 882. The van der Waals surface area contributed by atoms with Crippen LogP contribution in [0.25, 0.3) is 10.9 Å². The third kappa shape index (κ3) is 3.62. The fraction of sp³-hybridized carbons (Fsp3) is 0.125. The molecule has 0 aliphatic rings. The maximum atomic E-state index is 12.6. The molecule has 0 bridgehead atoms. The van der Waals surface area contributed by atoms with Crippen LogP contribution in [-0.2, 0) is 12.1 Å². The number of rotatable bonds is 3. The van der Waals surface area contributed by atoms with Gasteiger partial charge in [0.1, 0.15) is 11.6 Å². The molecular weight excluding hydrogens is 407 g/mol. The molecule has 0 saturated heterocycles. The second kappa shape index (κ2) is 6.57. The Morgan fingerprint density at radius 2 is 1.75 bits per heavy atom. The molecule has 0 unspecified atom stereocenters. The molecule has 8 heteroatoms. The highest BCUT2D eigenvalue weighted by molar-refractivity contribution is 9.10. The summed E-state index contributed by atoms with van der Waals surface area (Å²) in [6.45, 7) is 0. The molecule has 3 aromatic rings. The molecule has 0 atom stereocenters. The second-order valence-corrected chi connectivity index (χ2v) is 6.17. The van der Waals surface area contributed by atoms with Crippen LogP contribution in [0.3, 0.4) is 0 Å². The third-order valence-electron chi connectivity index (χ3n) is 3.30. The third-order valence-corrected chi connectivity index (χ3v) is 4.03. The predicted octanol–water partition coefficient (Wildman–Crippen LogP) is 5.89. The van der Waals surface area contributed by atoms with Crippen LogP contribution < -0.4 is 5.32 Å². The number of aromatic nitrogens is 2. The van der Waals surface area contributed by atoms with Crippen molar-refractivity contribution in [2.45, 2.75) is 12.1 Å². The van der Waals surface area contributed by atoms with Crippen LogP contribution in [0.5, 0.6) is 0 Å². The summed E-state index contributed by atoms with van der Waals surface area (Å²) in [5.74, 6) is 1.05. The first-order valence-electron chi connectivity index (χ1n) is 6.83. The van der Waals surface area contributed by atoms with E-state index in [0.29, 0.717) is 22.8 Å². The predicted molar refractivity (Wildman–Crippen MR) is 91.5 cm³/mol. The van der Waals surface area contributed by atoms with Crippen LogP contribution in [0.1, 0.15) is 11.4 Å². The minimum atomic E-state index is -4.36. The van der Waals surface area contributed by atoms with Crippen LogP contribution in [0, 0.1) is 0 Å². The molecule has 1 aromatic heterocycles. The summed E-state index contributed by atoms with van der Waals surface area (Å²) in [4.78, 5) is 8.67. The number of benzene rings is 2. The normalized spacial score (nSPS) is 11.7. The minimum absolute atomic E-state index is 0.129. The molecule has 124 valence electrons. The van der Waals surface area contributed by atoms with E-state index < -0.39 is 11.7 Å². The Balaban J connectivity index is 2.00. The van der Waals surface area contributed by atoms with Crippen molar-refractivity contribution in [2.24, 2.45) is 0 Å². The Labute approximate surface area is 149 Å². The van der Waals surface area contributed by atoms with E-state index in [4.69, 9.17) is 11.6 Å². The lowest BCUT2D eigenvalue weighted by atomic mass is 10.2. The number of anilines is 2. The van der Waals surface area contributed by atoms with Crippen LogP contribution in [0.2, 0.25) is 0 Å². The summed E-state index contributed by atoms with van der Waals surface area (Å²) in [5, 5.41) is 3.77. The molecule has 0 radical (unpaired) electrons. The summed E-state index contributed by atoms with van der Waals surface area (Å²) in [7, 11) is 0. The molecule has 1 heterocycles. The van der Waals surface area contributed by atoms with Gasteiger partial charge in [-0.3, -0.25) is 0 Å². The van der Waals surface area contributed by atoms with Crippen molar-refractivity contribution in [3.8, 4) is 0 Å². The first-order valence-corrected chi connectivity index (χ1v) is 8.16. The summed E-state index contributed by atoms with van der Waals surface area (Å²) in [6.07, 6.45) is -4.36. The van der Waals surface area contributed by atoms with Gasteiger partial charge in [-0.25, -0.2) is 9.97 Å². The van der Waals surface area contributed by atoms with Crippen LogP contribution in [0.15, 0.2) is 46.9 Å². The molecule has 1 N–H and O–H groups in total. The molecule has 0 fully saturated rings. The van der Waals surface area contributed by atoms with Gasteiger partial charge in [0, 0.05) is 15.5 Å². The van der Waals surface area contributed by atoms with Crippen molar-refractivity contribution in [2.75, 3.05) is 5.32 Å². The molecule has 2 aromatic carbocycles. The molecule has 0 aliphatic carbocycles. The van der Waals surface area contributed by atoms with Crippen molar-refractivity contribution in [3.63, 3.8) is 0 Å². The lowest BCUT2D eigenvalue weighted by Crippen LogP contribution is -2.05. The first kappa shape index (κ1) is 17.0. The minimum Gasteiger partial charge on any atom is -0.340 e. The highest BCUT2D eigenvalue weighted by Crippen LogP contribution is 2.31. The van der Waals surface area contributed by atoms with Gasteiger partial charge in [-0.2, -0.15) is 13.2 Å². The number of halogens is 5. The maximum absolute atomic E-state index is 12.6. The van der Waals surface area contributed by atoms with Crippen molar-refractivity contribution < 1.29 is 13.2 Å². The monoisotopic (exact) mass is 415 g/mol. The van der Waals surface area contributed by atoms with E-state index in [-0.39, 0.29) is 5.88 Å².